The highest BCUT2D eigenvalue weighted by Gasteiger charge is 2.52. The molecule has 1 aromatic carbocycles. The third-order valence-electron chi connectivity index (χ3n) is 5.41. The van der Waals surface area contributed by atoms with Crippen LogP contribution in [0.2, 0.25) is 0 Å². The molecular formula is C21H27N3O5. The van der Waals surface area contributed by atoms with E-state index < -0.39 is 36.6 Å². The minimum Gasteiger partial charge on any atom is -0.454 e. The molecule has 0 radical (unpaired) electrons. The van der Waals surface area contributed by atoms with Gasteiger partial charge in [-0.1, -0.05) is 38.3 Å². The van der Waals surface area contributed by atoms with Crippen molar-refractivity contribution < 1.29 is 23.9 Å². The van der Waals surface area contributed by atoms with Crippen molar-refractivity contribution in [2.45, 2.75) is 57.4 Å². The van der Waals surface area contributed by atoms with Crippen molar-refractivity contribution in [3.63, 3.8) is 0 Å². The van der Waals surface area contributed by atoms with Crippen LogP contribution in [0, 0.1) is 0 Å². The molecule has 4 amide bonds. The van der Waals surface area contributed by atoms with Gasteiger partial charge in [-0.25, -0.2) is 4.79 Å². The largest absolute Gasteiger partial charge is 0.454 e. The molecule has 156 valence electrons. The summed E-state index contributed by atoms with van der Waals surface area (Å²) in [6, 6.07) is 6.93. The minimum absolute atomic E-state index is 0.385. The van der Waals surface area contributed by atoms with Gasteiger partial charge in [0.15, 0.2) is 6.61 Å². The Labute approximate surface area is 170 Å². The first-order valence-electron chi connectivity index (χ1n) is 10.1. The van der Waals surface area contributed by atoms with Crippen molar-refractivity contribution in [2.75, 3.05) is 18.5 Å². The second-order valence-electron chi connectivity index (χ2n) is 7.62. The van der Waals surface area contributed by atoms with Gasteiger partial charge in [-0.15, -0.1) is 0 Å². The highest BCUT2D eigenvalue weighted by atomic mass is 16.5. The summed E-state index contributed by atoms with van der Waals surface area (Å²) in [7, 11) is 0. The summed E-state index contributed by atoms with van der Waals surface area (Å²) in [4.78, 5) is 49.5. The average Bonchev–Trinajstić information content (AvgIpc) is 3.26. The number of imide groups is 1. The van der Waals surface area contributed by atoms with Crippen LogP contribution in [0.25, 0.3) is 0 Å². The number of amides is 4. The number of benzene rings is 1. The summed E-state index contributed by atoms with van der Waals surface area (Å²) in [6.07, 6.45) is 6.13. The van der Waals surface area contributed by atoms with Crippen molar-refractivity contribution in [3.8, 4) is 0 Å². The molecule has 29 heavy (non-hydrogen) atoms. The van der Waals surface area contributed by atoms with Crippen molar-refractivity contribution in [1.29, 1.82) is 0 Å². The highest BCUT2D eigenvalue weighted by molar-refractivity contribution is 6.09. The number of carbonyl (C=O) groups excluding carboxylic acids is 4. The summed E-state index contributed by atoms with van der Waals surface area (Å²) >= 11 is 0. The van der Waals surface area contributed by atoms with Crippen molar-refractivity contribution in [1.82, 2.24) is 10.2 Å². The summed E-state index contributed by atoms with van der Waals surface area (Å²) in [5, 5.41) is 5.35. The van der Waals surface area contributed by atoms with Gasteiger partial charge in [0.05, 0.1) is 0 Å². The van der Waals surface area contributed by atoms with Gasteiger partial charge >= 0.3 is 12.0 Å². The first-order chi connectivity index (χ1) is 13.9. The van der Waals surface area contributed by atoms with Gasteiger partial charge in [-0.05, 0) is 43.4 Å². The van der Waals surface area contributed by atoms with Gasteiger partial charge in [0, 0.05) is 5.69 Å². The van der Waals surface area contributed by atoms with Crippen LogP contribution in [0.5, 0.6) is 0 Å². The van der Waals surface area contributed by atoms with Crippen molar-refractivity contribution >= 4 is 29.5 Å². The normalized spacial score (nSPS) is 17.5. The van der Waals surface area contributed by atoms with Gasteiger partial charge in [0.2, 0.25) is 0 Å². The molecule has 0 bridgehead atoms. The molecule has 3 rings (SSSR count). The van der Waals surface area contributed by atoms with Crippen LogP contribution in [0.3, 0.4) is 0 Å². The Morgan fingerprint density at radius 2 is 1.86 bits per heavy atom. The second-order valence-corrected chi connectivity index (χ2v) is 7.62. The van der Waals surface area contributed by atoms with Crippen LogP contribution in [0.4, 0.5) is 10.5 Å². The molecule has 8 nitrogen and oxygen atoms in total. The van der Waals surface area contributed by atoms with Gasteiger partial charge in [-0.2, -0.15) is 0 Å². The van der Waals surface area contributed by atoms with E-state index in [1.54, 1.807) is 12.1 Å². The SMILES string of the molecule is CCCCc1ccc(NC(=O)COC(=O)CN2C(=O)NC3(CCCC3)C2=O)cc1. The summed E-state index contributed by atoms with van der Waals surface area (Å²) < 4.78 is 4.94. The molecular weight excluding hydrogens is 374 g/mol. The number of aryl methyl sites for hydroxylation is 1. The Bertz CT molecular complexity index is 784. The predicted octanol–water partition coefficient (Wildman–Crippen LogP) is 2.38. The zero-order chi connectivity index (χ0) is 20.9. The minimum atomic E-state index is -0.863. The van der Waals surface area contributed by atoms with Gasteiger partial charge in [0.1, 0.15) is 12.1 Å². The number of urea groups is 1. The Kier molecular flexibility index (Phi) is 6.51. The fraction of sp³-hybridized carbons (Fsp3) is 0.524. The molecule has 1 spiro atoms. The van der Waals surface area contributed by atoms with E-state index in [4.69, 9.17) is 4.74 Å². The van der Waals surface area contributed by atoms with E-state index in [0.717, 1.165) is 37.0 Å². The molecule has 8 heteroatoms. The molecule has 1 aliphatic heterocycles. The lowest BCUT2D eigenvalue weighted by Crippen LogP contribution is -2.44. The van der Waals surface area contributed by atoms with Crippen molar-refractivity contribution in [2.24, 2.45) is 0 Å². The molecule has 0 aromatic heterocycles. The molecule has 1 aromatic rings. The Morgan fingerprint density at radius 3 is 2.52 bits per heavy atom. The van der Waals surface area contributed by atoms with Gasteiger partial charge in [0.25, 0.3) is 11.8 Å². The number of hydrogen-bond donors (Lipinski definition) is 2. The molecule has 2 N–H and O–H groups in total. The molecule has 0 atom stereocenters. The molecule has 2 fully saturated rings. The summed E-state index contributed by atoms with van der Waals surface area (Å²) in [5.74, 6) is -1.66. The highest BCUT2D eigenvalue weighted by Crippen LogP contribution is 2.34. The van der Waals surface area contributed by atoms with E-state index in [0.29, 0.717) is 18.5 Å². The quantitative estimate of drug-likeness (QED) is 0.514. The van der Waals surface area contributed by atoms with E-state index >= 15 is 0 Å². The zero-order valence-corrected chi connectivity index (χ0v) is 16.7. The maximum atomic E-state index is 12.5. The maximum Gasteiger partial charge on any atom is 0.326 e. The lowest BCUT2D eigenvalue weighted by Gasteiger charge is -2.19. The predicted molar refractivity (Wildman–Crippen MR) is 106 cm³/mol. The zero-order valence-electron chi connectivity index (χ0n) is 16.7. The fourth-order valence-corrected chi connectivity index (χ4v) is 3.79. The number of unbranched alkanes of at least 4 members (excludes halogenated alkanes) is 1. The Balaban J connectivity index is 1.44. The van der Waals surface area contributed by atoms with Crippen LogP contribution >= 0.6 is 0 Å². The monoisotopic (exact) mass is 401 g/mol. The number of nitrogens with one attached hydrogen (secondary N) is 2. The van der Waals surface area contributed by atoms with Crippen LogP contribution in [-0.2, 0) is 25.5 Å². The topological polar surface area (TPSA) is 105 Å². The first-order valence-corrected chi connectivity index (χ1v) is 10.1. The number of anilines is 1. The number of rotatable bonds is 8. The van der Waals surface area contributed by atoms with Crippen LogP contribution in [0.1, 0.15) is 51.0 Å². The van der Waals surface area contributed by atoms with Crippen LogP contribution in [-0.4, -0.2) is 47.4 Å². The van der Waals surface area contributed by atoms with E-state index in [2.05, 4.69) is 17.6 Å². The number of esters is 1. The molecule has 1 heterocycles. The van der Waals surface area contributed by atoms with Crippen LogP contribution < -0.4 is 10.6 Å². The van der Waals surface area contributed by atoms with Gasteiger partial charge in [-0.3, -0.25) is 19.3 Å². The lowest BCUT2D eigenvalue weighted by atomic mass is 9.98. The maximum absolute atomic E-state index is 12.5. The van der Waals surface area contributed by atoms with E-state index in [-0.39, 0.29) is 5.91 Å². The number of carbonyl (C=O) groups is 4. The molecule has 1 aliphatic carbocycles. The standard InChI is InChI=1S/C21H27N3O5/c1-2-3-6-15-7-9-16(10-8-15)22-17(25)14-29-18(26)13-24-19(27)21(23-20(24)28)11-4-5-12-21/h7-10H,2-6,11-14H2,1H3,(H,22,25)(H,23,28). The van der Waals surface area contributed by atoms with E-state index in [9.17, 15) is 19.2 Å². The molecule has 2 aliphatic rings. The van der Waals surface area contributed by atoms with Gasteiger partial charge < -0.3 is 15.4 Å². The van der Waals surface area contributed by atoms with E-state index in [1.807, 2.05) is 12.1 Å². The number of hydrogen-bond acceptors (Lipinski definition) is 5. The second kappa shape index (κ2) is 9.07. The average molecular weight is 401 g/mol. The summed E-state index contributed by atoms with van der Waals surface area (Å²) in [5.41, 5.74) is 0.950. The Hall–Kier alpha value is -2.90. The fourth-order valence-electron chi connectivity index (χ4n) is 3.79. The Morgan fingerprint density at radius 1 is 1.17 bits per heavy atom. The van der Waals surface area contributed by atoms with E-state index in [1.165, 1.54) is 5.56 Å². The smallest absolute Gasteiger partial charge is 0.326 e. The number of ether oxygens (including phenoxy) is 1. The third-order valence-corrected chi connectivity index (χ3v) is 5.41. The molecule has 0 unspecified atom stereocenters. The number of nitrogens with zero attached hydrogens (tertiary/aromatic N) is 1. The van der Waals surface area contributed by atoms with Crippen LogP contribution in [0.15, 0.2) is 24.3 Å². The lowest BCUT2D eigenvalue weighted by molar-refractivity contribution is -0.150. The first kappa shape index (κ1) is 20.8. The van der Waals surface area contributed by atoms with Crippen molar-refractivity contribution in [3.05, 3.63) is 29.8 Å². The summed E-state index contributed by atoms with van der Waals surface area (Å²) in [6.45, 7) is 1.16. The molecule has 1 saturated carbocycles. The third kappa shape index (κ3) is 4.93. The molecule has 1 saturated heterocycles.